The van der Waals surface area contributed by atoms with E-state index in [9.17, 15) is 27.3 Å². The molecule has 0 aromatic heterocycles. The first-order valence-electron chi connectivity index (χ1n) is 9.91. The molecule has 33 heavy (non-hydrogen) atoms. The lowest BCUT2D eigenvalue weighted by Gasteiger charge is -2.26. The van der Waals surface area contributed by atoms with Gasteiger partial charge in [0, 0.05) is 28.1 Å². The van der Waals surface area contributed by atoms with Crippen LogP contribution >= 0.6 is 0 Å². The van der Waals surface area contributed by atoms with Gasteiger partial charge in [-0.2, -0.15) is 17.6 Å². The molecule has 0 heterocycles. The van der Waals surface area contributed by atoms with Crippen LogP contribution in [0.15, 0.2) is 42.5 Å². The van der Waals surface area contributed by atoms with Crippen molar-refractivity contribution in [2.24, 2.45) is 11.5 Å². The van der Waals surface area contributed by atoms with Gasteiger partial charge in [0.15, 0.2) is 5.69 Å². The van der Waals surface area contributed by atoms with E-state index < -0.39 is 30.8 Å². The van der Waals surface area contributed by atoms with E-state index in [4.69, 9.17) is 20.9 Å². The van der Waals surface area contributed by atoms with Gasteiger partial charge < -0.3 is 26.3 Å². The summed E-state index contributed by atoms with van der Waals surface area (Å²) in [6.07, 6.45) is 0.370. The fourth-order valence-electron chi connectivity index (χ4n) is 2.72. The van der Waals surface area contributed by atoms with Crippen LogP contribution < -0.4 is 26.7 Å². The fraction of sp³-hybridized carbons (Fsp3) is 0.381. The van der Waals surface area contributed by atoms with Crippen LogP contribution in [-0.2, 0) is 11.3 Å². The molecule has 8 nitrogen and oxygen atoms in total. The van der Waals surface area contributed by atoms with Crippen LogP contribution in [0.5, 0.6) is 5.75 Å². The molecule has 0 aliphatic carbocycles. The number of hydrogen-bond donors (Lipinski definition) is 4. The van der Waals surface area contributed by atoms with Crippen molar-refractivity contribution in [3.63, 3.8) is 0 Å². The number of nitrogens with one attached hydrogen (secondary N) is 2. The summed E-state index contributed by atoms with van der Waals surface area (Å²) in [7, 11) is 0. The Morgan fingerprint density at radius 3 is 2.36 bits per heavy atom. The number of carbonyl (C=O) groups excluding carboxylic acids is 1. The minimum absolute atomic E-state index is 0.0132. The highest BCUT2D eigenvalue weighted by molar-refractivity contribution is 5.95. The Bertz CT molecular complexity index is 945. The van der Waals surface area contributed by atoms with E-state index in [2.05, 4.69) is 5.32 Å². The van der Waals surface area contributed by atoms with Gasteiger partial charge in [-0.15, -0.1) is 0 Å². The Balaban J connectivity index is 2.08. The zero-order valence-corrected chi connectivity index (χ0v) is 17.6. The Kier molecular flexibility index (Phi) is 9.12. The second kappa shape index (κ2) is 11.6. The molecule has 0 aliphatic heterocycles. The first-order chi connectivity index (χ1) is 15.6. The van der Waals surface area contributed by atoms with Gasteiger partial charge in [0.25, 0.3) is 5.69 Å². The highest BCUT2D eigenvalue weighted by atomic mass is 19.3. The van der Waals surface area contributed by atoms with Crippen LogP contribution in [0.3, 0.4) is 0 Å². The van der Waals surface area contributed by atoms with Crippen molar-refractivity contribution in [2.75, 3.05) is 31.6 Å². The zero-order chi connectivity index (χ0) is 24.5. The number of amides is 1. The van der Waals surface area contributed by atoms with Gasteiger partial charge in [-0.25, -0.2) is 0 Å². The predicted molar refractivity (Wildman–Crippen MR) is 113 cm³/mol. The molecule has 180 valence electrons. The maximum atomic E-state index is 13.9. The molecule has 0 bridgehead atoms. The molecule has 1 amide bonds. The molecule has 0 unspecified atom stereocenters. The molecule has 0 saturated heterocycles. The Labute approximate surface area is 187 Å². The van der Waals surface area contributed by atoms with Gasteiger partial charge in [0.2, 0.25) is 5.91 Å². The fourth-order valence-corrected chi connectivity index (χ4v) is 2.72. The second-order valence-electron chi connectivity index (χ2n) is 7.07. The Morgan fingerprint density at radius 1 is 1.06 bits per heavy atom. The van der Waals surface area contributed by atoms with Gasteiger partial charge in [-0.1, -0.05) is 30.3 Å². The summed E-state index contributed by atoms with van der Waals surface area (Å²) in [4.78, 5) is 22.9. The molecule has 0 spiro atoms. The third-order valence-electron chi connectivity index (χ3n) is 4.58. The van der Waals surface area contributed by atoms with Crippen molar-refractivity contribution in [1.82, 2.24) is 0 Å². The van der Waals surface area contributed by atoms with Crippen molar-refractivity contribution in [3.05, 3.63) is 58.5 Å². The first-order valence-corrected chi connectivity index (χ1v) is 9.91. The van der Waals surface area contributed by atoms with Crippen LogP contribution in [0, 0.1) is 4.91 Å². The van der Waals surface area contributed by atoms with E-state index >= 15 is 0 Å². The van der Waals surface area contributed by atoms with Crippen molar-refractivity contribution in [3.8, 4) is 5.75 Å². The Hall–Kier alpha value is -3.25. The molecule has 2 aromatic carbocycles. The summed E-state index contributed by atoms with van der Waals surface area (Å²) in [5.74, 6) is -10.1. The standard InChI is InChI=1S/C21H24F4N4O4/c22-20(23,12-26)21(24,25)13-28-18-16(29-31)9-15(19(27)30)10-17(18)33-8-4-7-32-11-14-5-2-1-3-6-14/h1-3,5-6,9-10,28H,4,7-8,11-13,26H2,(H2,27,30)/p+1. The number of rotatable bonds is 14. The topological polar surface area (TPSA) is 131 Å². The van der Waals surface area contributed by atoms with E-state index in [0.29, 0.717) is 19.6 Å². The third-order valence-corrected chi connectivity index (χ3v) is 4.58. The van der Waals surface area contributed by atoms with Crippen molar-refractivity contribution in [1.29, 1.82) is 0 Å². The van der Waals surface area contributed by atoms with Crippen molar-refractivity contribution < 1.29 is 37.0 Å². The molecule has 0 saturated carbocycles. The molecule has 12 heteroatoms. The number of halogens is 4. The van der Waals surface area contributed by atoms with Gasteiger partial charge in [-0.3, -0.25) is 4.79 Å². The minimum Gasteiger partial charge on any atom is -0.491 e. The molecule has 0 atom stereocenters. The molecular formula is C21H25F4N4O4+. The van der Waals surface area contributed by atoms with E-state index in [1.165, 1.54) is 5.18 Å². The number of anilines is 1. The highest BCUT2D eigenvalue weighted by Gasteiger charge is 2.55. The zero-order valence-electron chi connectivity index (χ0n) is 17.6. The monoisotopic (exact) mass is 473 g/mol. The number of hydrogen-bond acceptors (Lipinski definition) is 6. The van der Waals surface area contributed by atoms with Crippen LogP contribution in [0.1, 0.15) is 22.3 Å². The summed E-state index contributed by atoms with van der Waals surface area (Å²) < 4.78 is 65.6. The molecule has 6 N–H and O–H groups in total. The number of nitroso groups, excluding NO2 is 1. The van der Waals surface area contributed by atoms with E-state index in [1.807, 2.05) is 30.3 Å². The number of carbonyl (C=O) groups is 1. The summed E-state index contributed by atoms with van der Waals surface area (Å²) >= 11 is 0. The molecule has 0 aliphatic rings. The lowest BCUT2D eigenvalue weighted by molar-refractivity contribution is -0.378. The normalized spacial score (nSPS) is 11.8. The molecule has 2 aromatic rings. The quantitative estimate of drug-likeness (QED) is 0.245. The van der Waals surface area contributed by atoms with Gasteiger partial charge >= 0.3 is 11.8 Å². The molecule has 0 radical (unpaired) electrons. The van der Waals surface area contributed by atoms with Crippen LogP contribution in [0.4, 0.5) is 28.9 Å². The number of ether oxygens (including phenoxy) is 2. The molecule has 2 rings (SSSR count). The number of nitrogens with two attached hydrogens (primary N) is 2. The maximum Gasteiger partial charge on any atom is 0.328 e. The van der Waals surface area contributed by atoms with Gasteiger partial charge in [-0.05, 0) is 11.6 Å². The lowest BCUT2D eigenvalue weighted by atomic mass is 10.1. The SMILES string of the molecule is NCC(F)(F)C(F)(F)CNc1c([NH+]=O)cc(C(N)=O)cc1OCCCOCc1ccccc1. The third kappa shape index (κ3) is 7.12. The molecular weight excluding hydrogens is 448 g/mol. The summed E-state index contributed by atoms with van der Waals surface area (Å²) in [6, 6.07) is 11.5. The number of benzene rings is 2. The minimum atomic E-state index is -4.52. The first kappa shape index (κ1) is 26.0. The number of alkyl halides is 4. The summed E-state index contributed by atoms with van der Waals surface area (Å²) in [5.41, 5.74) is 10.1. The number of primary amides is 1. The largest absolute Gasteiger partial charge is 0.491 e. The van der Waals surface area contributed by atoms with Crippen LogP contribution in [0.2, 0.25) is 0 Å². The maximum absolute atomic E-state index is 13.9. The second-order valence-corrected chi connectivity index (χ2v) is 7.07. The molecule has 0 fully saturated rings. The van der Waals surface area contributed by atoms with Crippen LogP contribution in [-0.4, -0.2) is 44.1 Å². The Morgan fingerprint density at radius 2 is 1.76 bits per heavy atom. The summed E-state index contributed by atoms with van der Waals surface area (Å²) in [6.45, 7) is -2.43. The van der Waals surface area contributed by atoms with E-state index in [-0.39, 0.29) is 29.3 Å². The van der Waals surface area contributed by atoms with E-state index in [0.717, 1.165) is 17.7 Å². The average molecular weight is 473 g/mol. The van der Waals surface area contributed by atoms with Gasteiger partial charge in [0.05, 0.1) is 32.9 Å². The van der Waals surface area contributed by atoms with Crippen molar-refractivity contribution >= 4 is 17.3 Å². The predicted octanol–water partition coefficient (Wildman–Crippen LogP) is 1.89. The van der Waals surface area contributed by atoms with Gasteiger partial charge in [0.1, 0.15) is 5.75 Å². The smallest absolute Gasteiger partial charge is 0.328 e. The van der Waals surface area contributed by atoms with Crippen LogP contribution in [0.25, 0.3) is 0 Å². The average Bonchev–Trinajstić information content (AvgIpc) is 2.80. The lowest BCUT2D eigenvalue weighted by Crippen LogP contribution is -2.56. The highest BCUT2D eigenvalue weighted by Crippen LogP contribution is 2.37. The summed E-state index contributed by atoms with van der Waals surface area (Å²) in [5, 5.41) is 3.56. The van der Waals surface area contributed by atoms with Crippen molar-refractivity contribution in [2.45, 2.75) is 24.9 Å². The van der Waals surface area contributed by atoms with E-state index in [1.54, 1.807) is 0 Å².